The third kappa shape index (κ3) is 7.82. The molecule has 0 heterocycles. The van der Waals surface area contributed by atoms with Crippen molar-refractivity contribution in [3.05, 3.63) is 83.4 Å². The number of carbonyl (C=O) groups excluding carboxylic acids is 2. The van der Waals surface area contributed by atoms with Gasteiger partial charge < -0.3 is 19.7 Å². The SMILES string of the molecule is CC[C@H](C(=O)NC(C)C)N(Cc1ccc(OC)cc1)C(=O)CN(c1cc(C)ccc1OC)S(=O)(=O)c1ccc(C)cc1. The maximum atomic E-state index is 14.2. The second-order valence-corrected chi connectivity index (χ2v) is 12.3. The molecule has 0 bridgehead atoms. The summed E-state index contributed by atoms with van der Waals surface area (Å²) in [6, 6.07) is 17.8. The second kappa shape index (κ2) is 14.2. The highest BCUT2D eigenvalue weighted by Gasteiger charge is 2.35. The minimum absolute atomic E-state index is 0.0377. The second-order valence-electron chi connectivity index (χ2n) is 10.5. The first kappa shape index (κ1) is 32.5. The Labute approximate surface area is 249 Å². The monoisotopic (exact) mass is 595 g/mol. The van der Waals surface area contributed by atoms with Gasteiger partial charge in [0, 0.05) is 12.6 Å². The lowest BCUT2D eigenvalue weighted by Crippen LogP contribution is -2.53. The average Bonchev–Trinajstić information content (AvgIpc) is 2.95. The van der Waals surface area contributed by atoms with Crippen LogP contribution in [0.4, 0.5) is 5.69 Å². The summed E-state index contributed by atoms with van der Waals surface area (Å²) < 4.78 is 40.1. The molecule has 0 aliphatic heterocycles. The fourth-order valence-electron chi connectivity index (χ4n) is 4.57. The van der Waals surface area contributed by atoms with Gasteiger partial charge in [-0.05, 0) is 81.6 Å². The molecule has 3 aromatic carbocycles. The molecule has 0 aliphatic rings. The van der Waals surface area contributed by atoms with Gasteiger partial charge in [-0.25, -0.2) is 8.42 Å². The molecule has 0 aromatic heterocycles. The lowest BCUT2D eigenvalue weighted by molar-refractivity contribution is -0.140. The fourth-order valence-corrected chi connectivity index (χ4v) is 5.99. The van der Waals surface area contributed by atoms with Crippen molar-refractivity contribution in [1.82, 2.24) is 10.2 Å². The number of methoxy groups -OCH3 is 2. The number of ether oxygens (including phenoxy) is 2. The average molecular weight is 596 g/mol. The van der Waals surface area contributed by atoms with Gasteiger partial charge in [-0.3, -0.25) is 13.9 Å². The summed E-state index contributed by atoms with van der Waals surface area (Å²) in [5.74, 6) is 0.116. The van der Waals surface area contributed by atoms with Gasteiger partial charge in [0.1, 0.15) is 24.1 Å². The number of carbonyl (C=O) groups is 2. The minimum atomic E-state index is -4.21. The van der Waals surface area contributed by atoms with Crippen LogP contribution in [0.2, 0.25) is 0 Å². The van der Waals surface area contributed by atoms with Crippen LogP contribution in [0.1, 0.15) is 43.9 Å². The highest BCUT2D eigenvalue weighted by Crippen LogP contribution is 2.34. The molecule has 9 nitrogen and oxygen atoms in total. The quantitative estimate of drug-likeness (QED) is 0.303. The van der Waals surface area contributed by atoms with E-state index in [2.05, 4.69) is 5.32 Å². The predicted molar refractivity (Wildman–Crippen MR) is 164 cm³/mol. The maximum absolute atomic E-state index is 14.2. The van der Waals surface area contributed by atoms with Crippen LogP contribution in [-0.2, 0) is 26.2 Å². The van der Waals surface area contributed by atoms with Crippen molar-refractivity contribution >= 4 is 27.5 Å². The zero-order valence-corrected chi connectivity index (χ0v) is 26.2. The van der Waals surface area contributed by atoms with Gasteiger partial charge in [0.2, 0.25) is 11.8 Å². The molecule has 226 valence electrons. The molecule has 3 rings (SSSR count). The molecule has 0 unspecified atom stereocenters. The lowest BCUT2D eigenvalue weighted by atomic mass is 10.1. The third-order valence-corrected chi connectivity index (χ3v) is 8.59. The summed E-state index contributed by atoms with van der Waals surface area (Å²) in [7, 11) is -1.20. The van der Waals surface area contributed by atoms with Gasteiger partial charge in [0.15, 0.2) is 0 Å². The molecule has 2 amide bonds. The van der Waals surface area contributed by atoms with E-state index in [1.165, 1.54) is 24.1 Å². The van der Waals surface area contributed by atoms with Crippen molar-refractivity contribution in [2.45, 2.75) is 64.6 Å². The zero-order chi connectivity index (χ0) is 31.0. The largest absolute Gasteiger partial charge is 0.497 e. The molecule has 3 aromatic rings. The molecule has 0 fully saturated rings. The van der Waals surface area contributed by atoms with Gasteiger partial charge in [0.25, 0.3) is 10.0 Å². The van der Waals surface area contributed by atoms with Crippen LogP contribution in [0.3, 0.4) is 0 Å². The molecule has 0 spiro atoms. The first-order valence-electron chi connectivity index (χ1n) is 13.9. The van der Waals surface area contributed by atoms with Crippen LogP contribution in [0.15, 0.2) is 71.6 Å². The fraction of sp³-hybridized carbons (Fsp3) is 0.375. The molecular weight excluding hydrogens is 554 g/mol. The van der Waals surface area contributed by atoms with Gasteiger partial charge in [-0.1, -0.05) is 42.8 Å². The highest BCUT2D eigenvalue weighted by atomic mass is 32.2. The summed E-state index contributed by atoms with van der Waals surface area (Å²) >= 11 is 0. The Balaban J connectivity index is 2.12. The van der Waals surface area contributed by atoms with Crippen LogP contribution in [0.5, 0.6) is 11.5 Å². The maximum Gasteiger partial charge on any atom is 0.264 e. The van der Waals surface area contributed by atoms with Crippen LogP contribution >= 0.6 is 0 Å². The number of anilines is 1. The molecule has 0 saturated carbocycles. The topological polar surface area (TPSA) is 105 Å². The summed E-state index contributed by atoms with van der Waals surface area (Å²) in [4.78, 5) is 29.0. The van der Waals surface area contributed by atoms with Gasteiger partial charge >= 0.3 is 0 Å². The van der Waals surface area contributed by atoms with Crippen molar-refractivity contribution < 1.29 is 27.5 Å². The lowest BCUT2D eigenvalue weighted by Gasteiger charge is -2.34. The Hall–Kier alpha value is -4.05. The number of benzene rings is 3. The number of nitrogens with one attached hydrogen (secondary N) is 1. The Morgan fingerprint density at radius 2 is 1.50 bits per heavy atom. The van der Waals surface area contributed by atoms with Crippen molar-refractivity contribution in [2.75, 3.05) is 25.1 Å². The van der Waals surface area contributed by atoms with Crippen molar-refractivity contribution in [3.8, 4) is 11.5 Å². The molecule has 42 heavy (non-hydrogen) atoms. The van der Waals surface area contributed by atoms with E-state index in [0.29, 0.717) is 17.9 Å². The smallest absolute Gasteiger partial charge is 0.264 e. The Kier molecular flexibility index (Phi) is 11.0. The number of hydrogen-bond acceptors (Lipinski definition) is 6. The molecule has 1 atom stereocenters. The Morgan fingerprint density at radius 3 is 2.05 bits per heavy atom. The molecule has 0 saturated heterocycles. The number of sulfonamides is 1. The van der Waals surface area contributed by atoms with Gasteiger partial charge in [-0.15, -0.1) is 0 Å². The predicted octanol–water partition coefficient (Wildman–Crippen LogP) is 4.85. The van der Waals surface area contributed by atoms with E-state index in [1.54, 1.807) is 49.6 Å². The van der Waals surface area contributed by atoms with E-state index in [4.69, 9.17) is 9.47 Å². The summed E-state index contributed by atoms with van der Waals surface area (Å²) in [5.41, 5.74) is 2.69. The number of nitrogens with zero attached hydrogens (tertiary/aromatic N) is 2. The summed E-state index contributed by atoms with van der Waals surface area (Å²) in [5, 5.41) is 2.90. The van der Waals surface area contributed by atoms with Crippen molar-refractivity contribution in [2.24, 2.45) is 0 Å². The van der Waals surface area contributed by atoms with Crippen LogP contribution in [0.25, 0.3) is 0 Å². The Bertz CT molecular complexity index is 1470. The van der Waals surface area contributed by atoms with Gasteiger partial charge in [-0.2, -0.15) is 0 Å². The molecular formula is C32H41N3O6S. The number of amides is 2. The van der Waals surface area contributed by atoms with Crippen molar-refractivity contribution in [1.29, 1.82) is 0 Å². The van der Waals surface area contributed by atoms with E-state index in [-0.39, 0.29) is 29.1 Å². The van der Waals surface area contributed by atoms with Gasteiger partial charge in [0.05, 0.1) is 24.8 Å². The standard InChI is InChI=1S/C32H41N3O6S/c1-8-28(32(37)33-22(2)3)34(20-25-12-14-26(40-6)15-13-25)31(36)21-35(29-19-24(5)11-18-30(29)41-7)42(38,39)27-16-9-23(4)10-17-27/h9-19,22,28H,8,20-21H2,1-7H3,(H,33,37)/t28-/m1/s1. The van der Waals surface area contributed by atoms with Crippen molar-refractivity contribution in [3.63, 3.8) is 0 Å². The first-order valence-corrected chi connectivity index (χ1v) is 15.3. The minimum Gasteiger partial charge on any atom is -0.497 e. The zero-order valence-electron chi connectivity index (χ0n) is 25.4. The molecule has 1 N–H and O–H groups in total. The van der Waals surface area contributed by atoms with E-state index in [0.717, 1.165) is 21.0 Å². The number of hydrogen-bond donors (Lipinski definition) is 1. The third-order valence-electron chi connectivity index (χ3n) is 6.82. The first-order chi connectivity index (χ1) is 19.9. The Morgan fingerprint density at radius 1 is 0.881 bits per heavy atom. The molecule has 0 radical (unpaired) electrons. The number of aryl methyl sites for hydroxylation is 2. The van der Waals surface area contributed by atoms with Crippen LogP contribution in [-0.4, -0.2) is 58.0 Å². The normalized spacial score (nSPS) is 12.0. The van der Waals surface area contributed by atoms with E-state index >= 15 is 0 Å². The molecule has 10 heteroatoms. The van der Waals surface area contributed by atoms with E-state index in [1.807, 2.05) is 46.8 Å². The molecule has 0 aliphatic carbocycles. The highest BCUT2D eigenvalue weighted by molar-refractivity contribution is 7.92. The van der Waals surface area contributed by atoms with E-state index < -0.39 is 28.5 Å². The summed E-state index contributed by atoms with van der Waals surface area (Å²) in [6.45, 7) is 8.77. The van der Waals surface area contributed by atoms with Crippen LogP contribution in [0, 0.1) is 13.8 Å². The number of rotatable bonds is 13. The van der Waals surface area contributed by atoms with Crippen LogP contribution < -0.4 is 19.1 Å². The summed E-state index contributed by atoms with van der Waals surface area (Å²) in [6.07, 6.45) is 0.332. The van der Waals surface area contributed by atoms with E-state index in [9.17, 15) is 18.0 Å².